The molecule has 0 atom stereocenters. The predicted octanol–water partition coefficient (Wildman–Crippen LogP) is 1.73. The van der Waals surface area contributed by atoms with E-state index in [1.807, 2.05) is 0 Å². The lowest BCUT2D eigenvalue weighted by Crippen LogP contribution is -2.65. The number of likely N-dealkylation sites (tertiary alicyclic amines) is 1. The first-order chi connectivity index (χ1) is 17.2. The molecule has 1 aromatic carbocycles. The van der Waals surface area contributed by atoms with Crippen LogP contribution in [0.15, 0.2) is 41.7 Å². The molecule has 1 aliphatic carbocycles. The van der Waals surface area contributed by atoms with E-state index in [0.717, 1.165) is 19.6 Å². The van der Waals surface area contributed by atoms with Gasteiger partial charge in [-0.2, -0.15) is 5.10 Å². The third-order valence-corrected chi connectivity index (χ3v) is 7.95. The average Bonchev–Trinajstić information content (AvgIpc) is 3.23. The summed E-state index contributed by atoms with van der Waals surface area (Å²) in [6, 6.07) is 4.72. The van der Waals surface area contributed by atoms with Gasteiger partial charge in [-0.15, -0.1) is 10.2 Å². The molecule has 2 aliphatic rings. The average molecular weight is 514 g/mol. The van der Waals surface area contributed by atoms with Crippen LogP contribution in [0.3, 0.4) is 0 Å². The zero-order valence-electron chi connectivity index (χ0n) is 19.5. The molecule has 12 heteroatoms. The molecule has 10 nitrogen and oxygen atoms in total. The van der Waals surface area contributed by atoms with Gasteiger partial charge in [-0.25, -0.2) is 9.07 Å². The minimum absolute atomic E-state index is 0.0453. The van der Waals surface area contributed by atoms with Crippen molar-refractivity contribution in [2.45, 2.75) is 18.6 Å². The Morgan fingerprint density at radius 3 is 2.86 bits per heavy atom. The summed E-state index contributed by atoms with van der Waals surface area (Å²) in [5.74, 6) is -2.83. The number of aryl methyl sites for hydroxylation is 1. The molecule has 3 aromatic heterocycles. The third-order valence-electron chi connectivity index (χ3n) is 7.63. The number of rotatable bonds is 6. The molecule has 0 amide bonds. The lowest BCUT2D eigenvalue weighted by molar-refractivity contribution is -0.265. The molecule has 0 unspecified atom stereocenters. The number of aromatic nitrogens is 5. The quantitative estimate of drug-likeness (QED) is 0.333. The molecule has 6 rings (SSSR count). The highest BCUT2D eigenvalue weighted by atomic mass is 35.5. The molecule has 1 saturated carbocycles. The van der Waals surface area contributed by atoms with E-state index in [1.165, 1.54) is 40.9 Å². The molecule has 1 spiro atoms. The maximum Gasteiger partial charge on any atom is 0.275 e. The van der Waals surface area contributed by atoms with Crippen LogP contribution >= 0.6 is 11.6 Å². The topological polar surface area (TPSA) is 121 Å². The Bertz CT molecular complexity index is 1540. The van der Waals surface area contributed by atoms with Gasteiger partial charge >= 0.3 is 0 Å². The Hall–Kier alpha value is -3.12. The molecule has 4 aromatic rings. The molecular formula is C24H25ClFN7O3. The van der Waals surface area contributed by atoms with Gasteiger partial charge in [0.05, 0.1) is 22.3 Å². The molecule has 0 radical (unpaired) electrons. The molecule has 1 saturated heterocycles. The van der Waals surface area contributed by atoms with Gasteiger partial charge in [0, 0.05) is 62.4 Å². The van der Waals surface area contributed by atoms with E-state index in [-0.39, 0.29) is 38.7 Å². The molecule has 36 heavy (non-hydrogen) atoms. The van der Waals surface area contributed by atoms with Crippen molar-refractivity contribution >= 4 is 33.7 Å². The number of benzene rings is 1. The van der Waals surface area contributed by atoms with Gasteiger partial charge in [0.2, 0.25) is 0 Å². The van der Waals surface area contributed by atoms with Crippen LogP contribution in [0.2, 0.25) is 5.02 Å². The second-order valence-corrected chi connectivity index (χ2v) is 10.5. The molecule has 1 aliphatic heterocycles. The van der Waals surface area contributed by atoms with Crippen molar-refractivity contribution in [1.82, 2.24) is 29.3 Å². The molecule has 188 valence electrons. The summed E-state index contributed by atoms with van der Waals surface area (Å²) >= 11 is 6.24. The van der Waals surface area contributed by atoms with E-state index < -0.39 is 5.79 Å². The van der Waals surface area contributed by atoms with Crippen LogP contribution in [-0.2, 0) is 12.8 Å². The standard InChI is InChI=1S/C24H25ClFN7O3/c1-31-22(34)21-15(9-29-31)16(2-3-17(21)25)24(35,36)14-7-23(8-14)11-32(12-23)5-4-27-19-6-20-30-28-13-33(20)10-18(19)26/h2-3,6,9-10,13-14,27,35-36H,4-5,7-8,11-12H2,1H3. The number of aliphatic hydroxyl groups is 2. The normalized spacial score (nSPS) is 18.0. The number of hydrogen-bond donors (Lipinski definition) is 3. The summed E-state index contributed by atoms with van der Waals surface area (Å²) in [7, 11) is 1.52. The smallest absolute Gasteiger partial charge is 0.275 e. The van der Waals surface area contributed by atoms with Crippen LogP contribution in [0.25, 0.3) is 16.4 Å². The van der Waals surface area contributed by atoms with Crippen LogP contribution in [0.4, 0.5) is 10.1 Å². The maximum absolute atomic E-state index is 14.2. The van der Waals surface area contributed by atoms with E-state index in [0.29, 0.717) is 36.1 Å². The van der Waals surface area contributed by atoms with Crippen molar-refractivity contribution in [3.8, 4) is 0 Å². The summed E-state index contributed by atoms with van der Waals surface area (Å²) < 4.78 is 16.9. The Kier molecular flexibility index (Phi) is 5.31. The van der Waals surface area contributed by atoms with Crippen molar-refractivity contribution in [3.05, 3.63) is 63.7 Å². The van der Waals surface area contributed by atoms with E-state index in [9.17, 15) is 19.4 Å². The van der Waals surface area contributed by atoms with Gasteiger partial charge in [-0.1, -0.05) is 17.7 Å². The van der Waals surface area contributed by atoms with E-state index in [2.05, 4.69) is 25.5 Å². The summed E-state index contributed by atoms with van der Waals surface area (Å²) in [5, 5.41) is 38.0. The first-order valence-corrected chi connectivity index (χ1v) is 12.1. The molecule has 3 N–H and O–H groups in total. The van der Waals surface area contributed by atoms with Gasteiger partial charge in [0.25, 0.3) is 5.56 Å². The van der Waals surface area contributed by atoms with Crippen LogP contribution < -0.4 is 10.9 Å². The Labute approximate surface area is 209 Å². The van der Waals surface area contributed by atoms with Gasteiger partial charge in [0.1, 0.15) is 6.33 Å². The highest BCUT2D eigenvalue weighted by Crippen LogP contribution is 2.57. The highest BCUT2D eigenvalue weighted by molar-refractivity contribution is 6.35. The van der Waals surface area contributed by atoms with Gasteiger partial charge < -0.3 is 20.4 Å². The fourth-order valence-corrected chi connectivity index (χ4v) is 6.01. The number of hydrogen-bond acceptors (Lipinski definition) is 8. The number of nitrogens with zero attached hydrogens (tertiary/aromatic N) is 6. The number of nitrogens with one attached hydrogen (secondary N) is 1. The monoisotopic (exact) mass is 513 g/mol. The largest absolute Gasteiger partial charge is 0.381 e. The number of fused-ring (bicyclic) bond motifs is 2. The van der Waals surface area contributed by atoms with Crippen LogP contribution in [0.1, 0.15) is 18.4 Å². The van der Waals surface area contributed by atoms with E-state index >= 15 is 0 Å². The van der Waals surface area contributed by atoms with E-state index in [1.54, 1.807) is 12.1 Å². The van der Waals surface area contributed by atoms with Crippen molar-refractivity contribution in [2.75, 3.05) is 31.5 Å². The Morgan fingerprint density at radius 2 is 2.08 bits per heavy atom. The number of halogens is 2. The molecule has 0 bridgehead atoms. The van der Waals surface area contributed by atoms with E-state index in [4.69, 9.17) is 11.6 Å². The van der Waals surface area contributed by atoms with Crippen molar-refractivity contribution in [1.29, 1.82) is 0 Å². The fraction of sp³-hybridized carbons (Fsp3) is 0.417. The fourth-order valence-electron chi connectivity index (χ4n) is 5.76. The summed E-state index contributed by atoms with van der Waals surface area (Å²) in [6.07, 6.45) is 5.57. The first kappa shape index (κ1) is 23.3. The van der Waals surface area contributed by atoms with Crippen LogP contribution in [0.5, 0.6) is 0 Å². The zero-order chi connectivity index (χ0) is 25.2. The third kappa shape index (κ3) is 3.65. The zero-order valence-corrected chi connectivity index (χ0v) is 20.3. The lowest BCUT2D eigenvalue weighted by Gasteiger charge is -2.61. The summed E-state index contributed by atoms with van der Waals surface area (Å²) in [6.45, 7) is 3.00. The van der Waals surface area contributed by atoms with Crippen molar-refractivity contribution in [2.24, 2.45) is 18.4 Å². The minimum Gasteiger partial charge on any atom is -0.381 e. The van der Waals surface area contributed by atoms with Crippen molar-refractivity contribution in [3.63, 3.8) is 0 Å². The molecule has 4 heterocycles. The summed E-state index contributed by atoms with van der Waals surface area (Å²) in [5.41, 5.74) is 0.871. The second-order valence-electron chi connectivity index (χ2n) is 10.1. The van der Waals surface area contributed by atoms with Gasteiger partial charge in [0.15, 0.2) is 17.3 Å². The van der Waals surface area contributed by atoms with Gasteiger partial charge in [-0.3, -0.25) is 9.20 Å². The second kappa shape index (κ2) is 8.20. The summed E-state index contributed by atoms with van der Waals surface area (Å²) in [4.78, 5) is 14.8. The number of pyridine rings is 1. The predicted molar refractivity (Wildman–Crippen MR) is 131 cm³/mol. The first-order valence-electron chi connectivity index (χ1n) is 11.7. The number of anilines is 1. The molecular weight excluding hydrogens is 489 g/mol. The minimum atomic E-state index is -2.10. The lowest BCUT2D eigenvalue weighted by atomic mass is 9.55. The highest BCUT2D eigenvalue weighted by Gasteiger charge is 2.58. The molecule has 2 fully saturated rings. The van der Waals surface area contributed by atoms with Gasteiger partial charge in [-0.05, 0) is 24.3 Å². The maximum atomic E-state index is 14.2. The Balaban J connectivity index is 1.07. The SMILES string of the molecule is Cn1ncc2c(C(O)(O)C3CC4(C3)CN(CCNc3cc5nncn5cc3F)C4)ccc(Cl)c2c1=O. The van der Waals surface area contributed by atoms with Crippen molar-refractivity contribution < 1.29 is 14.6 Å². The van der Waals surface area contributed by atoms with Crippen LogP contribution in [0, 0.1) is 17.2 Å². The van der Waals surface area contributed by atoms with Crippen LogP contribution in [-0.4, -0.2) is 65.7 Å². The Morgan fingerprint density at radius 1 is 1.31 bits per heavy atom.